The third-order valence-corrected chi connectivity index (χ3v) is 2.33. The third kappa shape index (κ3) is 1.85. The van der Waals surface area contributed by atoms with Gasteiger partial charge in [0.05, 0.1) is 0 Å². The molecule has 0 aromatic rings. The number of hydrogen-bond acceptors (Lipinski definition) is 0. The van der Waals surface area contributed by atoms with Crippen molar-refractivity contribution in [1.29, 1.82) is 0 Å². The van der Waals surface area contributed by atoms with E-state index < -0.39 is 0 Å². The highest BCUT2D eigenvalue weighted by Gasteiger charge is 2.09. The standard InChI is InChI=1S/C9H16/c1-8-6-4-3-5-7-9(8)2/h9H,1,3-7H2,2H3. The van der Waals surface area contributed by atoms with Gasteiger partial charge in [0.15, 0.2) is 0 Å². The van der Waals surface area contributed by atoms with Crippen LogP contribution in [0.5, 0.6) is 0 Å². The SMILES string of the molecule is C=C1CCCCCC1C. The second-order valence-corrected chi connectivity index (χ2v) is 3.16. The van der Waals surface area contributed by atoms with Gasteiger partial charge in [-0.15, -0.1) is 0 Å². The lowest BCUT2D eigenvalue weighted by atomic mass is 9.98. The Labute approximate surface area is 58.0 Å². The number of rotatable bonds is 0. The van der Waals surface area contributed by atoms with Gasteiger partial charge in [-0.1, -0.05) is 31.9 Å². The van der Waals surface area contributed by atoms with Crippen molar-refractivity contribution < 1.29 is 0 Å². The lowest BCUT2D eigenvalue weighted by molar-refractivity contribution is 0.597. The van der Waals surface area contributed by atoms with Crippen LogP contribution in [0.25, 0.3) is 0 Å². The van der Waals surface area contributed by atoms with Crippen LogP contribution in [0.3, 0.4) is 0 Å². The van der Waals surface area contributed by atoms with E-state index in [0.29, 0.717) is 0 Å². The average Bonchev–Trinajstić information content (AvgIpc) is 1.99. The lowest BCUT2D eigenvalue weighted by Crippen LogP contribution is -1.93. The molecule has 0 amide bonds. The van der Waals surface area contributed by atoms with E-state index in [0.717, 1.165) is 5.92 Å². The summed E-state index contributed by atoms with van der Waals surface area (Å²) in [6, 6.07) is 0. The molecular weight excluding hydrogens is 108 g/mol. The minimum Gasteiger partial charge on any atom is -0.0996 e. The fourth-order valence-corrected chi connectivity index (χ4v) is 1.43. The van der Waals surface area contributed by atoms with Crippen LogP contribution in [0.2, 0.25) is 0 Å². The zero-order valence-corrected chi connectivity index (χ0v) is 6.32. The monoisotopic (exact) mass is 124 g/mol. The maximum atomic E-state index is 4.06. The van der Waals surface area contributed by atoms with Crippen molar-refractivity contribution in [3.63, 3.8) is 0 Å². The summed E-state index contributed by atoms with van der Waals surface area (Å²) in [4.78, 5) is 0. The molecule has 0 radical (unpaired) electrons. The highest BCUT2D eigenvalue weighted by molar-refractivity contribution is 4.99. The Balaban J connectivity index is 2.41. The van der Waals surface area contributed by atoms with Crippen molar-refractivity contribution in [2.75, 3.05) is 0 Å². The minimum atomic E-state index is 0.799. The van der Waals surface area contributed by atoms with Gasteiger partial charge < -0.3 is 0 Å². The summed E-state index contributed by atoms with van der Waals surface area (Å²) in [5, 5.41) is 0. The zero-order valence-electron chi connectivity index (χ0n) is 6.32. The minimum absolute atomic E-state index is 0.799. The first-order chi connectivity index (χ1) is 4.30. The van der Waals surface area contributed by atoms with Gasteiger partial charge >= 0.3 is 0 Å². The van der Waals surface area contributed by atoms with Gasteiger partial charge in [0, 0.05) is 0 Å². The van der Waals surface area contributed by atoms with Gasteiger partial charge in [-0.25, -0.2) is 0 Å². The fraction of sp³-hybridized carbons (Fsp3) is 0.778. The Morgan fingerprint density at radius 2 is 2.11 bits per heavy atom. The topological polar surface area (TPSA) is 0 Å². The smallest absolute Gasteiger partial charge is 0.0234 e. The highest BCUT2D eigenvalue weighted by atomic mass is 14.1. The van der Waals surface area contributed by atoms with E-state index in [1.165, 1.54) is 37.7 Å². The molecule has 0 nitrogen and oxygen atoms in total. The molecule has 1 aliphatic rings. The molecule has 9 heavy (non-hydrogen) atoms. The molecule has 0 aliphatic heterocycles. The van der Waals surface area contributed by atoms with Crippen molar-refractivity contribution in [3.05, 3.63) is 12.2 Å². The molecule has 1 saturated carbocycles. The fourth-order valence-electron chi connectivity index (χ4n) is 1.43. The van der Waals surface area contributed by atoms with Crippen molar-refractivity contribution in [3.8, 4) is 0 Å². The van der Waals surface area contributed by atoms with E-state index in [4.69, 9.17) is 0 Å². The van der Waals surface area contributed by atoms with Gasteiger partial charge in [0.1, 0.15) is 0 Å². The summed E-state index contributed by atoms with van der Waals surface area (Å²) in [5.74, 6) is 0.799. The van der Waals surface area contributed by atoms with Gasteiger partial charge in [-0.05, 0) is 25.2 Å². The predicted molar refractivity (Wildman–Crippen MR) is 41.4 cm³/mol. The third-order valence-electron chi connectivity index (χ3n) is 2.33. The first kappa shape index (κ1) is 6.85. The summed E-state index contributed by atoms with van der Waals surface area (Å²) >= 11 is 0. The molecule has 0 aromatic heterocycles. The van der Waals surface area contributed by atoms with Crippen molar-refractivity contribution in [1.82, 2.24) is 0 Å². The van der Waals surface area contributed by atoms with Gasteiger partial charge in [-0.2, -0.15) is 0 Å². The molecule has 0 N–H and O–H groups in total. The molecule has 0 spiro atoms. The summed E-state index contributed by atoms with van der Waals surface area (Å²) in [6.07, 6.45) is 6.87. The van der Waals surface area contributed by atoms with Crippen molar-refractivity contribution in [2.24, 2.45) is 5.92 Å². The van der Waals surface area contributed by atoms with E-state index in [1.54, 1.807) is 0 Å². The molecule has 1 aliphatic carbocycles. The maximum absolute atomic E-state index is 4.06. The van der Waals surface area contributed by atoms with Crippen LogP contribution in [0.15, 0.2) is 12.2 Å². The van der Waals surface area contributed by atoms with Crippen molar-refractivity contribution in [2.45, 2.75) is 39.0 Å². The van der Waals surface area contributed by atoms with Crippen molar-refractivity contribution >= 4 is 0 Å². The second-order valence-electron chi connectivity index (χ2n) is 3.16. The van der Waals surface area contributed by atoms with Crippen LogP contribution in [0, 0.1) is 5.92 Å². The molecule has 0 heteroatoms. The molecule has 1 rings (SSSR count). The van der Waals surface area contributed by atoms with Gasteiger partial charge in [-0.3, -0.25) is 0 Å². The van der Waals surface area contributed by atoms with Crippen LogP contribution >= 0.6 is 0 Å². The van der Waals surface area contributed by atoms with Crippen LogP contribution in [-0.4, -0.2) is 0 Å². The number of hydrogen-bond donors (Lipinski definition) is 0. The second kappa shape index (κ2) is 3.05. The largest absolute Gasteiger partial charge is 0.0996 e. The summed E-state index contributed by atoms with van der Waals surface area (Å²) in [7, 11) is 0. The number of allylic oxidation sites excluding steroid dienone is 1. The zero-order chi connectivity index (χ0) is 6.69. The molecule has 0 heterocycles. The van der Waals surface area contributed by atoms with Gasteiger partial charge in [0.25, 0.3) is 0 Å². The van der Waals surface area contributed by atoms with E-state index >= 15 is 0 Å². The molecule has 0 aromatic carbocycles. The summed E-state index contributed by atoms with van der Waals surface area (Å²) in [6.45, 7) is 6.35. The highest BCUT2D eigenvalue weighted by Crippen LogP contribution is 2.25. The van der Waals surface area contributed by atoms with Crippen LogP contribution < -0.4 is 0 Å². The van der Waals surface area contributed by atoms with Gasteiger partial charge in [0.2, 0.25) is 0 Å². The average molecular weight is 124 g/mol. The van der Waals surface area contributed by atoms with Crippen LogP contribution in [-0.2, 0) is 0 Å². The molecule has 52 valence electrons. The predicted octanol–water partition coefficient (Wildman–Crippen LogP) is 3.14. The lowest BCUT2D eigenvalue weighted by Gasteiger charge is -2.08. The normalized spacial score (nSPS) is 29.9. The van der Waals surface area contributed by atoms with Crippen LogP contribution in [0.4, 0.5) is 0 Å². The maximum Gasteiger partial charge on any atom is -0.0234 e. The molecular formula is C9H16. The Bertz CT molecular complexity index is 103. The van der Waals surface area contributed by atoms with E-state index in [9.17, 15) is 0 Å². The Kier molecular flexibility index (Phi) is 2.32. The molecule has 0 bridgehead atoms. The summed E-state index contributed by atoms with van der Waals surface area (Å²) in [5.41, 5.74) is 1.48. The Morgan fingerprint density at radius 3 is 2.89 bits per heavy atom. The van der Waals surface area contributed by atoms with E-state index in [1.807, 2.05) is 0 Å². The first-order valence-electron chi connectivity index (χ1n) is 3.98. The Morgan fingerprint density at radius 1 is 1.33 bits per heavy atom. The first-order valence-corrected chi connectivity index (χ1v) is 3.98. The quantitative estimate of drug-likeness (QED) is 0.344. The molecule has 0 saturated heterocycles. The Hall–Kier alpha value is -0.260. The molecule has 1 fully saturated rings. The van der Waals surface area contributed by atoms with E-state index in [-0.39, 0.29) is 0 Å². The van der Waals surface area contributed by atoms with Crippen LogP contribution in [0.1, 0.15) is 39.0 Å². The summed E-state index contributed by atoms with van der Waals surface area (Å²) < 4.78 is 0. The molecule has 1 atom stereocenters. The molecule has 1 unspecified atom stereocenters. The van der Waals surface area contributed by atoms with E-state index in [2.05, 4.69) is 13.5 Å².